The minimum atomic E-state index is 0.0626. The van der Waals surface area contributed by atoms with E-state index >= 15 is 0 Å². The summed E-state index contributed by atoms with van der Waals surface area (Å²) in [4.78, 5) is 13.8. The van der Waals surface area contributed by atoms with Crippen molar-refractivity contribution in [2.75, 3.05) is 23.0 Å². The second-order valence-corrected chi connectivity index (χ2v) is 6.49. The van der Waals surface area contributed by atoms with Crippen LogP contribution in [0.4, 0.5) is 17.1 Å². The topological polar surface area (TPSA) is 58.4 Å². The molecule has 1 aromatic carbocycles. The number of nitrogens with two attached hydrogens (primary N) is 1. The van der Waals surface area contributed by atoms with Crippen LogP contribution in [0.15, 0.2) is 12.1 Å². The van der Waals surface area contributed by atoms with E-state index in [9.17, 15) is 4.79 Å². The number of fused-ring (bicyclic) bond motifs is 1. The maximum absolute atomic E-state index is 11.5. The third kappa shape index (κ3) is 2.71. The Labute approximate surface area is 126 Å². The highest BCUT2D eigenvalue weighted by molar-refractivity contribution is 6.00. The molecule has 0 aromatic heterocycles. The van der Waals surface area contributed by atoms with Gasteiger partial charge < -0.3 is 16.0 Å². The Balaban J connectivity index is 1.78. The summed E-state index contributed by atoms with van der Waals surface area (Å²) in [7, 11) is 2.13. The Morgan fingerprint density at radius 2 is 2.00 bits per heavy atom. The van der Waals surface area contributed by atoms with E-state index in [1.54, 1.807) is 0 Å². The minimum absolute atomic E-state index is 0.0626. The number of nitrogens with zero attached hydrogens (tertiary/aromatic N) is 1. The maximum Gasteiger partial charge on any atom is 0.228 e. The van der Waals surface area contributed by atoms with E-state index in [1.165, 1.54) is 32.1 Å². The smallest absolute Gasteiger partial charge is 0.228 e. The zero-order valence-electron chi connectivity index (χ0n) is 13.0. The van der Waals surface area contributed by atoms with Crippen LogP contribution in [-0.2, 0) is 11.2 Å². The number of benzene rings is 1. The Bertz CT molecular complexity index is 547. The second kappa shape index (κ2) is 5.58. The molecule has 0 radical (unpaired) electrons. The number of anilines is 3. The van der Waals surface area contributed by atoms with Crippen LogP contribution in [-0.4, -0.2) is 19.0 Å². The van der Waals surface area contributed by atoms with E-state index < -0.39 is 0 Å². The lowest BCUT2D eigenvalue weighted by Crippen LogP contribution is -2.35. The monoisotopic (exact) mass is 287 g/mol. The van der Waals surface area contributed by atoms with Gasteiger partial charge >= 0.3 is 0 Å². The molecule has 4 nitrogen and oxygen atoms in total. The van der Waals surface area contributed by atoms with Gasteiger partial charge in [0.15, 0.2) is 0 Å². The first-order chi connectivity index (χ1) is 10.1. The molecular weight excluding hydrogens is 262 g/mol. The van der Waals surface area contributed by atoms with Gasteiger partial charge in [0.2, 0.25) is 5.91 Å². The van der Waals surface area contributed by atoms with Crippen molar-refractivity contribution >= 4 is 23.0 Å². The van der Waals surface area contributed by atoms with Gasteiger partial charge in [0.25, 0.3) is 0 Å². The van der Waals surface area contributed by atoms with E-state index in [1.807, 2.05) is 12.1 Å². The number of hydrogen-bond acceptors (Lipinski definition) is 3. The molecular formula is C17H25N3O. The van der Waals surface area contributed by atoms with Gasteiger partial charge in [0.1, 0.15) is 0 Å². The fourth-order valence-corrected chi connectivity index (χ4v) is 3.72. The zero-order valence-corrected chi connectivity index (χ0v) is 13.0. The van der Waals surface area contributed by atoms with Gasteiger partial charge in [-0.25, -0.2) is 0 Å². The molecule has 1 heterocycles. The van der Waals surface area contributed by atoms with Gasteiger partial charge in [-0.1, -0.05) is 13.3 Å². The Hall–Kier alpha value is -1.71. The van der Waals surface area contributed by atoms with Crippen molar-refractivity contribution in [1.82, 2.24) is 0 Å². The molecule has 21 heavy (non-hydrogen) atoms. The molecule has 3 N–H and O–H groups in total. The van der Waals surface area contributed by atoms with Crippen LogP contribution in [0.2, 0.25) is 0 Å². The fourth-order valence-electron chi connectivity index (χ4n) is 3.72. The summed E-state index contributed by atoms with van der Waals surface area (Å²) in [6.07, 6.45) is 6.84. The highest BCUT2D eigenvalue weighted by Gasteiger charge is 2.26. The van der Waals surface area contributed by atoms with Crippen LogP contribution in [0.3, 0.4) is 0 Å². The normalized spacial score (nSPS) is 24.6. The van der Waals surface area contributed by atoms with Gasteiger partial charge in [-0.2, -0.15) is 0 Å². The lowest BCUT2D eigenvalue weighted by atomic mass is 9.84. The molecule has 3 rings (SSSR count). The van der Waals surface area contributed by atoms with Crippen LogP contribution >= 0.6 is 0 Å². The van der Waals surface area contributed by atoms with E-state index in [0.717, 1.165) is 28.5 Å². The predicted octanol–water partition coefficient (Wildman–Crippen LogP) is 3.17. The van der Waals surface area contributed by atoms with E-state index in [2.05, 4.69) is 24.2 Å². The summed E-state index contributed by atoms with van der Waals surface area (Å²) in [6, 6.07) is 4.56. The van der Waals surface area contributed by atoms with Crippen LogP contribution in [0.5, 0.6) is 0 Å². The van der Waals surface area contributed by atoms with E-state index in [0.29, 0.717) is 12.5 Å². The molecule has 1 fully saturated rings. The molecule has 4 heteroatoms. The van der Waals surface area contributed by atoms with Crippen LogP contribution < -0.4 is 16.0 Å². The number of hydrogen-bond donors (Lipinski definition) is 2. The van der Waals surface area contributed by atoms with Crippen LogP contribution in [0.1, 0.15) is 44.6 Å². The number of nitrogens with one attached hydrogen (secondary N) is 1. The Morgan fingerprint density at radius 3 is 2.67 bits per heavy atom. The van der Waals surface area contributed by atoms with Crippen molar-refractivity contribution in [2.45, 2.75) is 51.5 Å². The molecule has 1 aliphatic heterocycles. The van der Waals surface area contributed by atoms with Crippen molar-refractivity contribution in [3.63, 3.8) is 0 Å². The highest BCUT2D eigenvalue weighted by Crippen LogP contribution is 2.37. The number of carbonyl (C=O) groups excluding carboxylic acids is 1. The summed E-state index contributed by atoms with van der Waals surface area (Å²) < 4.78 is 0. The van der Waals surface area contributed by atoms with Crippen molar-refractivity contribution in [3.8, 4) is 0 Å². The van der Waals surface area contributed by atoms with Crippen LogP contribution in [0.25, 0.3) is 0 Å². The minimum Gasteiger partial charge on any atom is -0.397 e. The summed E-state index contributed by atoms with van der Waals surface area (Å²) in [5.74, 6) is 0.957. The van der Waals surface area contributed by atoms with Crippen molar-refractivity contribution in [1.29, 1.82) is 0 Å². The van der Waals surface area contributed by atoms with Crippen molar-refractivity contribution in [3.05, 3.63) is 17.7 Å². The average molecular weight is 287 g/mol. The van der Waals surface area contributed by atoms with Crippen molar-refractivity contribution in [2.24, 2.45) is 5.92 Å². The molecule has 114 valence electrons. The van der Waals surface area contributed by atoms with Crippen LogP contribution in [0, 0.1) is 5.92 Å². The molecule has 1 saturated carbocycles. The third-order valence-electron chi connectivity index (χ3n) is 5.20. The maximum atomic E-state index is 11.5. The lowest BCUT2D eigenvalue weighted by molar-refractivity contribution is -0.115. The molecule has 2 aliphatic rings. The molecule has 1 aromatic rings. The number of amides is 1. The predicted molar refractivity (Wildman–Crippen MR) is 87.6 cm³/mol. The summed E-state index contributed by atoms with van der Waals surface area (Å²) in [5, 5.41) is 2.92. The first-order valence-corrected chi connectivity index (χ1v) is 8.03. The lowest BCUT2D eigenvalue weighted by Gasteiger charge is -2.36. The molecule has 0 unspecified atom stereocenters. The first-order valence-electron chi connectivity index (χ1n) is 8.03. The largest absolute Gasteiger partial charge is 0.397 e. The second-order valence-electron chi connectivity index (χ2n) is 6.49. The van der Waals surface area contributed by atoms with E-state index in [-0.39, 0.29) is 5.91 Å². The highest BCUT2D eigenvalue weighted by atomic mass is 16.1. The third-order valence-corrected chi connectivity index (χ3v) is 5.20. The SMILES string of the molecule is CCC1CCC(N(C)c2cc3c(cc2N)CC(=O)N3)CC1. The number of nitrogen functional groups attached to an aromatic ring is 1. The molecule has 0 spiro atoms. The van der Waals surface area contributed by atoms with Gasteiger partial charge in [-0.3, -0.25) is 4.79 Å². The van der Waals surface area contributed by atoms with Gasteiger partial charge in [0.05, 0.1) is 17.8 Å². The standard InChI is InChI=1S/C17H25N3O/c1-3-11-4-6-13(7-5-11)20(2)16-10-15-12(8-14(16)18)9-17(21)19-15/h8,10-11,13H,3-7,9,18H2,1-2H3,(H,19,21). The Morgan fingerprint density at radius 1 is 1.29 bits per heavy atom. The molecule has 0 saturated heterocycles. The van der Waals surface area contributed by atoms with Gasteiger partial charge in [-0.05, 0) is 49.3 Å². The number of rotatable bonds is 3. The molecule has 0 atom stereocenters. The van der Waals surface area contributed by atoms with Gasteiger partial charge in [0, 0.05) is 18.8 Å². The summed E-state index contributed by atoms with van der Waals surface area (Å²) >= 11 is 0. The molecule has 0 bridgehead atoms. The van der Waals surface area contributed by atoms with Crippen molar-refractivity contribution < 1.29 is 4.79 Å². The van der Waals surface area contributed by atoms with Gasteiger partial charge in [-0.15, -0.1) is 0 Å². The Kier molecular flexibility index (Phi) is 3.79. The molecule has 1 amide bonds. The zero-order chi connectivity index (χ0) is 15.0. The summed E-state index contributed by atoms with van der Waals surface area (Å²) in [6.45, 7) is 2.29. The average Bonchev–Trinajstić information content (AvgIpc) is 2.85. The van der Waals surface area contributed by atoms with E-state index in [4.69, 9.17) is 5.73 Å². The fraction of sp³-hybridized carbons (Fsp3) is 0.588. The summed E-state index contributed by atoms with van der Waals surface area (Å²) in [5.41, 5.74) is 10.0. The first kappa shape index (κ1) is 14.2. The quantitative estimate of drug-likeness (QED) is 0.840. The molecule has 1 aliphatic carbocycles. The number of carbonyl (C=O) groups is 1.